The molecule has 0 aliphatic rings. The maximum atomic E-state index is 13.0. The molecule has 0 saturated heterocycles. The first-order chi connectivity index (χ1) is 10.8. The van der Waals surface area contributed by atoms with Crippen molar-refractivity contribution in [2.45, 2.75) is 67.3 Å². The lowest BCUT2D eigenvalue weighted by molar-refractivity contribution is 0.368. The molecular formula is C20H35FN2. The zero-order valence-corrected chi connectivity index (χ0v) is 16.0. The van der Waals surface area contributed by atoms with Crippen molar-refractivity contribution in [3.05, 3.63) is 48.3 Å². The summed E-state index contributed by atoms with van der Waals surface area (Å²) in [7, 11) is 0. The molecule has 0 saturated carbocycles. The average molecular weight is 323 g/mol. The highest BCUT2D eigenvalue weighted by Crippen LogP contribution is 2.23. The number of aryl methyl sites for hydroxylation is 1. The summed E-state index contributed by atoms with van der Waals surface area (Å²) in [5.41, 5.74) is 6.88. The molecule has 132 valence electrons. The van der Waals surface area contributed by atoms with Crippen LogP contribution in [0.4, 0.5) is 4.39 Å². The monoisotopic (exact) mass is 322 g/mol. The summed E-state index contributed by atoms with van der Waals surface area (Å²) in [6.07, 6.45) is 3.14. The molecule has 0 aliphatic heterocycles. The lowest BCUT2D eigenvalue weighted by Crippen LogP contribution is -2.26. The maximum Gasteiger partial charge on any atom is 0.123 e. The van der Waals surface area contributed by atoms with E-state index in [2.05, 4.69) is 32.3 Å². The molecule has 1 aromatic carbocycles. The minimum Gasteiger partial charge on any atom is -0.387 e. The van der Waals surface area contributed by atoms with E-state index >= 15 is 0 Å². The molecule has 0 radical (unpaired) electrons. The van der Waals surface area contributed by atoms with Crippen LogP contribution in [0.1, 0.15) is 60.5 Å². The summed E-state index contributed by atoms with van der Waals surface area (Å²) in [5, 5.41) is 0. The Bertz CT molecular complexity index is 459. The number of aliphatic imine (C=N–C) groups is 1. The van der Waals surface area contributed by atoms with E-state index in [-0.39, 0.29) is 17.3 Å². The van der Waals surface area contributed by atoms with E-state index in [9.17, 15) is 4.39 Å². The number of rotatable bonds is 5. The van der Waals surface area contributed by atoms with Crippen molar-refractivity contribution < 1.29 is 4.39 Å². The second-order valence-electron chi connectivity index (χ2n) is 5.80. The minimum atomic E-state index is -0.216. The largest absolute Gasteiger partial charge is 0.387 e. The van der Waals surface area contributed by atoms with Gasteiger partial charge in [-0.3, -0.25) is 4.99 Å². The molecule has 2 nitrogen and oxygen atoms in total. The van der Waals surface area contributed by atoms with Crippen LogP contribution in [-0.2, 0) is 6.42 Å². The van der Waals surface area contributed by atoms with Crippen LogP contribution in [0.2, 0.25) is 0 Å². The Labute approximate surface area is 142 Å². The molecule has 0 spiro atoms. The van der Waals surface area contributed by atoms with Gasteiger partial charge in [0.25, 0.3) is 0 Å². The minimum absolute atomic E-state index is 0.00000877. The van der Waals surface area contributed by atoms with Crippen LogP contribution in [0.5, 0.6) is 0 Å². The van der Waals surface area contributed by atoms with Gasteiger partial charge in [0.1, 0.15) is 5.82 Å². The third-order valence-corrected chi connectivity index (χ3v) is 2.97. The van der Waals surface area contributed by atoms with Gasteiger partial charge < -0.3 is 5.73 Å². The normalized spacial score (nSPS) is 12.3. The molecule has 0 fully saturated rings. The summed E-state index contributed by atoms with van der Waals surface area (Å²) in [4.78, 5) is 4.49. The highest BCUT2D eigenvalue weighted by molar-refractivity contribution is 5.80. The van der Waals surface area contributed by atoms with Crippen molar-refractivity contribution in [1.29, 1.82) is 0 Å². The first kappa shape index (κ1) is 23.6. The second-order valence-corrected chi connectivity index (χ2v) is 5.80. The fourth-order valence-electron chi connectivity index (χ4n) is 1.81. The predicted octanol–water partition coefficient (Wildman–Crippen LogP) is 5.77. The van der Waals surface area contributed by atoms with Gasteiger partial charge in [0.2, 0.25) is 0 Å². The quantitative estimate of drug-likeness (QED) is 0.417. The van der Waals surface area contributed by atoms with Crippen LogP contribution in [0, 0.1) is 11.2 Å². The fourth-order valence-corrected chi connectivity index (χ4v) is 1.81. The molecule has 0 amide bonds. The van der Waals surface area contributed by atoms with E-state index in [0.717, 1.165) is 5.56 Å². The van der Waals surface area contributed by atoms with Crippen molar-refractivity contribution in [2.75, 3.05) is 0 Å². The number of nitrogens with two attached hydrogens (primary N) is 1. The third-order valence-electron chi connectivity index (χ3n) is 2.97. The lowest BCUT2D eigenvalue weighted by atomic mass is 9.87. The van der Waals surface area contributed by atoms with Crippen molar-refractivity contribution >= 4 is 5.84 Å². The van der Waals surface area contributed by atoms with Crippen molar-refractivity contribution in [3.63, 3.8) is 0 Å². The first-order valence-electron chi connectivity index (χ1n) is 8.52. The number of hydrogen-bond donors (Lipinski definition) is 1. The molecule has 0 heterocycles. The first-order valence-corrected chi connectivity index (χ1v) is 8.52. The Kier molecular flexibility index (Phi) is 13.2. The second kappa shape index (κ2) is 12.9. The topological polar surface area (TPSA) is 38.4 Å². The van der Waals surface area contributed by atoms with Gasteiger partial charge in [-0.15, -0.1) is 6.58 Å². The van der Waals surface area contributed by atoms with Gasteiger partial charge >= 0.3 is 0 Å². The number of halogens is 1. The van der Waals surface area contributed by atoms with Crippen LogP contribution in [0.15, 0.2) is 41.9 Å². The van der Waals surface area contributed by atoms with Crippen LogP contribution in [-0.4, -0.2) is 11.9 Å². The highest BCUT2D eigenvalue weighted by atomic mass is 19.1. The molecule has 1 rings (SSSR count). The number of benzene rings is 1. The Morgan fingerprint density at radius 1 is 1.26 bits per heavy atom. The molecule has 1 aromatic rings. The number of amidine groups is 1. The molecule has 3 heteroatoms. The van der Waals surface area contributed by atoms with Gasteiger partial charge in [0.05, 0.1) is 11.9 Å². The van der Waals surface area contributed by atoms with E-state index in [1.165, 1.54) is 12.1 Å². The smallest absolute Gasteiger partial charge is 0.123 e. The molecule has 23 heavy (non-hydrogen) atoms. The van der Waals surface area contributed by atoms with E-state index in [1.54, 1.807) is 6.07 Å². The standard InChI is InChI=1S/C16H23FN2.2C2H6/c1-5-14(16(2,3)4)19-15(18)10-9-12-7-6-8-13(17)11-12;2*1-2/h5-8,11,14H,1,9-10H2,2-4H3,(H2,18,19);2*1-2H3. The summed E-state index contributed by atoms with van der Waals surface area (Å²) >= 11 is 0. The SMILES string of the molecule is C=CC(N=C(N)CCc1cccc(F)c1)C(C)(C)C.CC.CC. The van der Waals surface area contributed by atoms with E-state index in [1.807, 2.05) is 39.8 Å². The fraction of sp³-hybridized carbons (Fsp3) is 0.550. The Hall–Kier alpha value is -1.64. The molecule has 2 N–H and O–H groups in total. The number of hydrogen-bond acceptors (Lipinski definition) is 1. The van der Waals surface area contributed by atoms with Gasteiger partial charge in [-0.25, -0.2) is 4.39 Å². The molecule has 0 aromatic heterocycles. The summed E-state index contributed by atoms with van der Waals surface area (Å²) in [5.74, 6) is 0.371. The highest BCUT2D eigenvalue weighted by Gasteiger charge is 2.20. The van der Waals surface area contributed by atoms with E-state index in [0.29, 0.717) is 18.7 Å². The summed E-state index contributed by atoms with van der Waals surface area (Å²) in [6.45, 7) is 18.1. The molecular weight excluding hydrogens is 287 g/mol. The van der Waals surface area contributed by atoms with Crippen LogP contribution in [0.3, 0.4) is 0 Å². The Morgan fingerprint density at radius 2 is 1.83 bits per heavy atom. The van der Waals surface area contributed by atoms with Crippen LogP contribution >= 0.6 is 0 Å². The lowest BCUT2D eigenvalue weighted by Gasteiger charge is -2.24. The van der Waals surface area contributed by atoms with Gasteiger partial charge in [0, 0.05) is 6.42 Å². The predicted molar refractivity (Wildman–Crippen MR) is 102 cm³/mol. The van der Waals surface area contributed by atoms with Gasteiger partial charge in [-0.2, -0.15) is 0 Å². The maximum absolute atomic E-state index is 13.0. The van der Waals surface area contributed by atoms with E-state index < -0.39 is 0 Å². The zero-order chi connectivity index (χ0) is 18.5. The molecule has 1 unspecified atom stereocenters. The van der Waals surface area contributed by atoms with Crippen LogP contribution in [0.25, 0.3) is 0 Å². The Balaban J connectivity index is 0. The molecule has 1 atom stereocenters. The third kappa shape index (κ3) is 10.7. The molecule has 0 bridgehead atoms. The summed E-state index contributed by atoms with van der Waals surface area (Å²) < 4.78 is 13.0. The van der Waals surface area contributed by atoms with Crippen molar-refractivity contribution in [2.24, 2.45) is 16.1 Å². The summed E-state index contributed by atoms with van der Waals surface area (Å²) in [6, 6.07) is 6.57. The Morgan fingerprint density at radius 3 is 2.26 bits per heavy atom. The zero-order valence-electron chi connectivity index (χ0n) is 16.0. The van der Waals surface area contributed by atoms with Gasteiger partial charge in [-0.05, 0) is 29.5 Å². The van der Waals surface area contributed by atoms with Crippen LogP contribution < -0.4 is 5.73 Å². The van der Waals surface area contributed by atoms with Gasteiger partial charge in [0.15, 0.2) is 0 Å². The van der Waals surface area contributed by atoms with Crippen molar-refractivity contribution in [3.8, 4) is 0 Å². The van der Waals surface area contributed by atoms with Crippen molar-refractivity contribution in [1.82, 2.24) is 0 Å². The number of nitrogens with zero attached hydrogens (tertiary/aromatic N) is 1. The van der Waals surface area contributed by atoms with Gasteiger partial charge in [-0.1, -0.05) is 66.7 Å². The average Bonchev–Trinajstić information content (AvgIpc) is 2.53. The van der Waals surface area contributed by atoms with E-state index in [4.69, 9.17) is 5.73 Å². The molecule has 0 aliphatic carbocycles.